The highest BCUT2D eigenvalue weighted by Crippen LogP contribution is 2.42. The van der Waals surface area contributed by atoms with E-state index in [4.69, 9.17) is 15.3 Å². The van der Waals surface area contributed by atoms with E-state index in [0.29, 0.717) is 50.2 Å². The molecule has 75 heavy (non-hydrogen) atoms. The molecule has 3 aromatic carbocycles. The van der Waals surface area contributed by atoms with Crippen LogP contribution in [-0.4, -0.2) is 62.2 Å². The van der Waals surface area contributed by atoms with Crippen molar-refractivity contribution < 1.29 is 45.0 Å². The van der Waals surface area contributed by atoms with Crippen molar-refractivity contribution in [3.63, 3.8) is 0 Å². The van der Waals surface area contributed by atoms with Crippen LogP contribution in [0.15, 0.2) is 70.5 Å². The SMILES string of the molecule is C=Cn1c(=O)n(C=C)c(=O)n(C=C)c1=O.CC(C)(C)c1cc(CCC(=O)O)cc(C(C)(C)C)c1O.CC(C)(C)c1cc(CCC(=O)O)cc(C(C)(C)C)c1O.CC(C)(C)c1cc(CCC(=O)O)cc(C(C)(C)C)c1O. The number of nitrogens with zero attached hydrogens (tertiary/aromatic N) is 3. The molecular formula is C60H87N3O12. The number of hydrogen-bond donors (Lipinski definition) is 6. The molecule has 0 unspecified atom stereocenters. The lowest BCUT2D eigenvalue weighted by Gasteiger charge is -2.28. The molecule has 0 saturated carbocycles. The number of hydrogen-bond acceptors (Lipinski definition) is 9. The van der Waals surface area contributed by atoms with Crippen LogP contribution < -0.4 is 17.1 Å². The Morgan fingerprint density at radius 3 is 0.627 bits per heavy atom. The molecule has 0 atom stereocenters. The van der Waals surface area contributed by atoms with Gasteiger partial charge in [0.05, 0.1) is 0 Å². The Hall–Kier alpha value is -6.90. The molecule has 0 fully saturated rings. The van der Waals surface area contributed by atoms with Crippen LogP contribution in [-0.2, 0) is 66.1 Å². The molecule has 414 valence electrons. The first kappa shape index (κ1) is 66.1. The number of aromatic nitrogens is 3. The van der Waals surface area contributed by atoms with E-state index in [1.807, 2.05) is 36.4 Å². The van der Waals surface area contributed by atoms with Gasteiger partial charge in [-0.25, -0.2) is 28.1 Å². The summed E-state index contributed by atoms with van der Waals surface area (Å²) in [5.41, 5.74) is 4.70. The summed E-state index contributed by atoms with van der Waals surface area (Å²) in [4.78, 5) is 66.7. The molecule has 6 N–H and O–H groups in total. The smallest absolute Gasteiger partial charge is 0.344 e. The lowest BCUT2D eigenvalue weighted by molar-refractivity contribution is -0.138. The van der Waals surface area contributed by atoms with E-state index >= 15 is 0 Å². The summed E-state index contributed by atoms with van der Waals surface area (Å²) in [5.74, 6) is -1.38. The maximum Gasteiger partial charge on any atom is 0.344 e. The Labute approximate surface area is 444 Å². The van der Waals surface area contributed by atoms with Gasteiger partial charge in [-0.05, 0) is 102 Å². The Bertz CT molecular complexity index is 2460. The molecule has 1 heterocycles. The van der Waals surface area contributed by atoms with Gasteiger partial charge in [0.1, 0.15) is 17.2 Å². The van der Waals surface area contributed by atoms with Crippen LogP contribution in [0.3, 0.4) is 0 Å². The maximum atomic E-state index is 11.5. The molecule has 4 aromatic rings. The van der Waals surface area contributed by atoms with Gasteiger partial charge in [-0.3, -0.25) is 14.4 Å². The molecule has 0 amide bonds. The molecule has 0 aliphatic carbocycles. The monoisotopic (exact) mass is 1040 g/mol. The number of carboxylic acids is 3. The fourth-order valence-electron chi connectivity index (χ4n) is 7.76. The molecule has 0 spiro atoms. The number of benzene rings is 3. The lowest BCUT2D eigenvalue weighted by atomic mass is 9.78. The Balaban J connectivity index is 0.000000503. The van der Waals surface area contributed by atoms with Gasteiger partial charge >= 0.3 is 35.0 Å². The first-order valence-electron chi connectivity index (χ1n) is 25.0. The van der Waals surface area contributed by atoms with Gasteiger partial charge in [0.25, 0.3) is 0 Å². The third-order valence-electron chi connectivity index (χ3n) is 12.0. The number of phenolic OH excluding ortho intramolecular Hbond substituents is 3. The Kier molecular flexibility index (Phi) is 22.5. The minimum Gasteiger partial charge on any atom is -0.507 e. The molecule has 1 aromatic heterocycles. The van der Waals surface area contributed by atoms with E-state index < -0.39 is 35.0 Å². The first-order valence-corrected chi connectivity index (χ1v) is 25.0. The van der Waals surface area contributed by atoms with E-state index in [1.54, 1.807) is 0 Å². The molecular weight excluding hydrogens is 955 g/mol. The minimum atomic E-state index is -0.812. The van der Waals surface area contributed by atoms with Crippen LogP contribution in [0.2, 0.25) is 0 Å². The summed E-state index contributed by atoms with van der Waals surface area (Å²) in [6.07, 6.45) is 4.84. The summed E-state index contributed by atoms with van der Waals surface area (Å²) < 4.78 is 2.06. The maximum absolute atomic E-state index is 11.5. The highest BCUT2D eigenvalue weighted by atomic mass is 16.4. The van der Waals surface area contributed by atoms with Gasteiger partial charge in [0.2, 0.25) is 0 Å². The molecule has 0 radical (unpaired) electrons. The second-order valence-electron chi connectivity index (χ2n) is 24.8. The first-order chi connectivity index (χ1) is 33.9. The fraction of sp³-hybridized carbons (Fsp3) is 0.500. The van der Waals surface area contributed by atoms with Crippen molar-refractivity contribution in [1.29, 1.82) is 0 Å². The van der Waals surface area contributed by atoms with Gasteiger partial charge in [0, 0.05) is 37.9 Å². The predicted molar refractivity (Wildman–Crippen MR) is 303 cm³/mol. The number of carboxylic acid groups (broad SMARTS) is 3. The van der Waals surface area contributed by atoms with Gasteiger partial charge in [0.15, 0.2) is 0 Å². The van der Waals surface area contributed by atoms with Crippen molar-refractivity contribution in [3.05, 3.63) is 138 Å². The summed E-state index contributed by atoms with van der Waals surface area (Å²) >= 11 is 0. The van der Waals surface area contributed by atoms with Crippen molar-refractivity contribution >= 4 is 36.5 Å². The molecule has 15 heteroatoms. The predicted octanol–water partition coefficient (Wildman–Crippen LogP) is 11.5. The van der Waals surface area contributed by atoms with E-state index in [1.165, 1.54) is 0 Å². The summed E-state index contributed by atoms with van der Waals surface area (Å²) in [7, 11) is 0. The molecule has 15 nitrogen and oxygen atoms in total. The second kappa shape index (κ2) is 25.6. The largest absolute Gasteiger partial charge is 0.507 e. The number of carbonyl (C=O) groups is 3. The highest BCUT2D eigenvalue weighted by molar-refractivity contribution is 5.68. The third kappa shape index (κ3) is 19.1. The van der Waals surface area contributed by atoms with Crippen LogP contribution in [0.5, 0.6) is 17.2 Å². The van der Waals surface area contributed by atoms with Crippen LogP contribution in [0, 0.1) is 0 Å². The van der Waals surface area contributed by atoms with Crippen LogP contribution >= 0.6 is 0 Å². The van der Waals surface area contributed by atoms with E-state index in [9.17, 15) is 44.1 Å². The normalized spacial score (nSPS) is 11.9. The van der Waals surface area contributed by atoms with Crippen LogP contribution in [0.1, 0.15) is 194 Å². The van der Waals surface area contributed by atoms with Crippen molar-refractivity contribution in [2.45, 2.75) is 196 Å². The zero-order valence-electron chi connectivity index (χ0n) is 48.0. The van der Waals surface area contributed by atoms with Gasteiger partial charge in [-0.15, -0.1) is 0 Å². The van der Waals surface area contributed by atoms with Gasteiger partial charge in [-0.2, -0.15) is 0 Å². The summed E-state index contributed by atoms with van der Waals surface area (Å²) in [5, 5.41) is 58.2. The summed E-state index contributed by atoms with van der Waals surface area (Å²) in [6.45, 7) is 46.8. The van der Waals surface area contributed by atoms with Crippen molar-refractivity contribution in [3.8, 4) is 17.2 Å². The summed E-state index contributed by atoms with van der Waals surface area (Å²) in [6, 6.07) is 11.6. The average Bonchev–Trinajstić information content (AvgIpc) is 3.24. The van der Waals surface area contributed by atoms with Gasteiger partial charge < -0.3 is 30.6 Å². The molecule has 0 saturated heterocycles. The fourth-order valence-corrected chi connectivity index (χ4v) is 7.76. The molecule has 0 bridgehead atoms. The zero-order valence-corrected chi connectivity index (χ0v) is 48.0. The Morgan fingerprint density at radius 1 is 0.373 bits per heavy atom. The molecule has 4 rings (SSSR count). The third-order valence-corrected chi connectivity index (χ3v) is 12.0. The van der Waals surface area contributed by atoms with Crippen LogP contribution in [0.25, 0.3) is 18.6 Å². The van der Waals surface area contributed by atoms with Crippen LogP contribution in [0.4, 0.5) is 0 Å². The minimum absolute atomic E-state index is 0.109. The Morgan fingerprint density at radius 2 is 0.520 bits per heavy atom. The van der Waals surface area contributed by atoms with Crippen molar-refractivity contribution in [2.75, 3.05) is 0 Å². The van der Waals surface area contributed by atoms with E-state index in [2.05, 4.69) is 144 Å². The highest BCUT2D eigenvalue weighted by Gasteiger charge is 2.29. The van der Waals surface area contributed by atoms with E-state index in [-0.39, 0.29) is 51.8 Å². The van der Waals surface area contributed by atoms with E-state index in [0.717, 1.165) is 68.7 Å². The lowest BCUT2D eigenvalue weighted by Crippen LogP contribution is -2.50. The van der Waals surface area contributed by atoms with Crippen molar-refractivity contribution in [1.82, 2.24) is 13.7 Å². The zero-order chi connectivity index (χ0) is 58.7. The molecule has 0 aliphatic heterocycles. The van der Waals surface area contributed by atoms with Crippen molar-refractivity contribution in [2.24, 2.45) is 0 Å². The number of phenols is 3. The number of rotatable bonds is 12. The van der Waals surface area contributed by atoms with Gasteiger partial charge in [-0.1, -0.05) is 181 Å². The number of aryl methyl sites for hydroxylation is 3. The number of aliphatic carboxylic acids is 3. The standard InChI is InChI=1S/3C17H26O3.C9H9N3O3/c3*1-16(2,3)12-9-11(7-8-14(18)19)10-13(15(12)20)17(4,5)6;1-4-10-7(13)11(5-2)9(15)12(6-3)8(10)14/h3*9-10,20H,7-8H2,1-6H3,(H,18,19);4-6H,1-3H2. The molecule has 0 aliphatic rings. The average molecular weight is 1040 g/mol. The quantitative estimate of drug-likeness (QED) is 0.0777. The second-order valence-corrected chi connectivity index (χ2v) is 24.8. The number of aromatic hydroxyl groups is 3. The topological polar surface area (TPSA) is 239 Å².